The van der Waals surface area contributed by atoms with Gasteiger partial charge in [0, 0.05) is 5.92 Å². The summed E-state index contributed by atoms with van der Waals surface area (Å²) in [6.07, 6.45) is 0. The van der Waals surface area contributed by atoms with Crippen molar-refractivity contribution >= 4 is 10.7 Å². The van der Waals surface area contributed by atoms with E-state index in [4.69, 9.17) is 0 Å². The van der Waals surface area contributed by atoms with E-state index in [2.05, 4.69) is 0 Å². The van der Waals surface area contributed by atoms with E-state index in [0.717, 1.165) is 17.0 Å². The number of hydrogen-bond acceptors (Lipinski definition) is 2. The fourth-order valence-corrected chi connectivity index (χ4v) is 2.38. The van der Waals surface area contributed by atoms with Crippen LogP contribution < -0.4 is 0 Å². The monoisotopic (exact) mass is 245 g/mol. The van der Waals surface area contributed by atoms with Crippen molar-refractivity contribution in [3.8, 4) is 0 Å². The van der Waals surface area contributed by atoms with Crippen LogP contribution in [0.15, 0.2) is 60.7 Å². The molecule has 0 spiro atoms. The Morgan fingerprint density at radius 1 is 0.765 bits per heavy atom. The molecular weight excluding hydrogens is 232 g/mol. The Balaban J connectivity index is 2.39. The lowest BCUT2D eigenvalue weighted by Gasteiger charge is -2.13. The van der Waals surface area contributed by atoms with E-state index < -0.39 is 10.7 Å². The van der Waals surface area contributed by atoms with Crippen molar-refractivity contribution in [1.29, 1.82) is 0 Å². The smallest absolute Gasteiger partial charge is 0.141 e. The molecule has 2 nitrogen and oxygen atoms in total. The van der Waals surface area contributed by atoms with Crippen LogP contribution in [-0.2, 0) is 10.7 Å². The minimum absolute atomic E-state index is 0.0728. The Kier molecular flexibility index (Phi) is 3.94. The molecule has 0 saturated heterocycles. The lowest BCUT2D eigenvalue weighted by atomic mass is 9.93. The molecule has 0 amide bonds. The van der Waals surface area contributed by atoms with Crippen molar-refractivity contribution in [2.24, 2.45) is 0 Å². The molecule has 3 heteroatoms. The summed E-state index contributed by atoms with van der Waals surface area (Å²) in [5, 5.41) is 0. The van der Waals surface area contributed by atoms with Crippen molar-refractivity contribution < 1.29 is 8.42 Å². The predicted octanol–water partition coefficient (Wildman–Crippen LogP) is 2.27. The highest BCUT2D eigenvalue weighted by molar-refractivity contribution is 7.72. The normalized spacial score (nSPS) is 10.9. The first-order valence-corrected chi connectivity index (χ1v) is 6.72. The van der Waals surface area contributed by atoms with E-state index in [1.807, 2.05) is 60.7 Å². The van der Waals surface area contributed by atoms with Gasteiger partial charge in [-0.2, -0.15) is 0 Å². The van der Waals surface area contributed by atoms with Crippen LogP contribution in [0.25, 0.3) is 0 Å². The maximum Gasteiger partial charge on any atom is 0.141 e. The molecular formula is C14H13O2S. The molecule has 0 heterocycles. The van der Waals surface area contributed by atoms with E-state index >= 15 is 0 Å². The van der Waals surface area contributed by atoms with Crippen molar-refractivity contribution in [2.75, 3.05) is 5.75 Å². The summed E-state index contributed by atoms with van der Waals surface area (Å²) in [5.41, 5.74) is 1.91. The number of rotatable bonds is 4. The third-order valence-electron chi connectivity index (χ3n) is 2.53. The highest BCUT2D eigenvalue weighted by Crippen LogP contribution is 2.23. The van der Waals surface area contributed by atoms with Crippen LogP contribution >= 0.6 is 0 Å². The lowest BCUT2D eigenvalue weighted by molar-refractivity contribution is 0.615. The summed E-state index contributed by atoms with van der Waals surface area (Å²) >= 11 is 0. The van der Waals surface area contributed by atoms with Crippen LogP contribution in [0.1, 0.15) is 11.1 Å². The van der Waals surface area contributed by atoms with Crippen molar-refractivity contribution in [1.82, 2.24) is 0 Å². The summed E-state index contributed by atoms with van der Waals surface area (Å²) < 4.78 is 21.9. The molecule has 2 aromatic rings. The Labute approximate surface area is 103 Å². The Hall–Kier alpha value is -1.61. The topological polar surface area (TPSA) is 34.1 Å². The average Bonchev–Trinajstić information content (AvgIpc) is 2.38. The van der Waals surface area contributed by atoms with Gasteiger partial charge in [0.25, 0.3) is 0 Å². The molecule has 0 aliphatic heterocycles. The Morgan fingerprint density at radius 2 is 1.18 bits per heavy atom. The highest BCUT2D eigenvalue weighted by Gasteiger charge is 2.15. The van der Waals surface area contributed by atoms with E-state index in [0.29, 0.717) is 0 Å². The Bertz CT molecular complexity index is 485. The summed E-state index contributed by atoms with van der Waals surface area (Å²) in [6, 6.07) is 19.2. The molecule has 17 heavy (non-hydrogen) atoms. The lowest BCUT2D eigenvalue weighted by Crippen LogP contribution is -2.08. The van der Waals surface area contributed by atoms with Crippen molar-refractivity contribution in [3.05, 3.63) is 77.7 Å². The van der Waals surface area contributed by atoms with Crippen LogP contribution in [0.4, 0.5) is 0 Å². The molecule has 2 rings (SSSR count). The molecule has 0 aliphatic carbocycles. The van der Waals surface area contributed by atoms with E-state index in [9.17, 15) is 8.42 Å². The molecule has 0 bridgehead atoms. The van der Waals surface area contributed by atoms with Crippen LogP contribution in [0, 0.1) is 5.92 Å². The summed E-state index contributed by atoms with van der Waals surface area (Å²) in [7, 11) is -2.42. The third kappa shape index (κ3) is 3.17. The number of hydrogen-bond donors (Lipinski definition) is 1. The quantitative estimate of drug-likeness (QED) is 0.838. The second kappa shape index (κ2) is 5.64. The van der Waals surface area contributed by atoms with Gasteiger partial charge in [0.15, 0.2) is 0 Å². The summed E-state index contributed by atoms with van der Waals surface area (Å²) in [4.78, 5) is 0. The number of benzene rings is 2. The fourth-order valence-electron chi connectivity index (χ4n) is 1.76. The zero-order chi connectivity index (χ0) is 12.1. The minimum atomic E-state index is -2.42. The zero-order valence-electron chi connectivity index (χ0n) is 9.24. The fraction of sp³-hybridized carbons (Fsp3) is 0.0714. The second-order valence-electron chi connectivity index (χ2n) is 3.70. The predicted molar refractivity (Wildman–Crippen MR) is 69.5 cm³/mol. The summed E-state index contributed by atoms with van der Waals surface area (Å²) in [6.45, 7) is 0. The van der Waals surface area contributed by atoms with E-state index in [1.54, 1.807) is 0 Å². The highest BCUT2D eigenvalue weighted by atomic mass is 32.2. The van der Waals surface area contributed by atoms with Gasteiger partial charge >= 0.3 is 0 Å². The SMILES string of the molecule is O=[SH](=O)C[C](c1ccccc1)c1ccccc1. The van der Waals surface area contributed by atoms with Gasteiger partial charge in [-0.05, 0) is 11.1 Å². The Morgan fingerprint density at radius 3 is 1.53 bits per heavy atom. The summed E-state index contributed by atoms with van der Waals surface area (Å²) in [5.74, 6) is 0.922. The number of thiol groups is 1. The molecule has 0 aliphatic rings. The second-order valence-corrected chi connectivity index (χ2v) is 4.68. The first-order chi connectivity index (χ1) is 8.27. The molecule has 0 fully saturated rings. The molecule has 0 unspecified atom stereocenters. The molecule has 0 aromatic heterocycles. The van der Waals surface area contributed by atoms with E-state index in [1.165, 1.54) is 0 Å². The molecule has 1 radical (unpaired) electrons. The maximum absolute atomic E-state index is 11.0. The molecule has 87 valence electrons. The molecule has 0 saturated carbocycles. The average molecular weight is 245 g/mol. The maximum atomic E-state index is 11.0. The van der Waals surface area contributed by atoms with Gasteiger partial charge in [-0.3, -0.25) is 0 Å². The van der Waals surface area contributed by atoms with Gasteiger partial charge in [0.1, 0.15) is 10.7 Å². The molecule has 0 N–H and O–H groups in total. The zero-order valence-corrected chi connectivity index (χ0v) is 10.1. The van der Waals surface area contributed by atoms with Gasteiger partial charge < -0.3 is 0 Å². The molecule has 0 atom stereocenters. The molecule has 2 aromatic carbocycles. The van der Waals surface area contributed by atoms with Crippen LogP contribution in [0.5, 0.6) is 0 Å². The van der Waals surface area contributed by atoms with Crippen LogP contribution in [0.3, 0.4) is 0 Å². The minimum Gasteiger partial charge on any atom is -0.232 e. The first kappa shape index (κ1) is 11.9. The first-order valence-electron chi connectivity index (χ1n) is 5.36. The van der Waals surface area contributed by atoms with Crippen molar-refractivity contribution in [2.45, 2.75) is 0 Å². The van der Waals surface area contributed by atoms with Crippen molar-refractivity contribution in [3.63, 3.8) is 0 Å². The van der Waals surface area contributed by atoms with Gasteiger partial charge in [-0.15, -0.1) is 0 Å². The van der Waals surface area contributed by atoms with Gasteiger partial charge in [-0.1, -0.05) is 60.7 Å². The van der Waals surface area contributed by atoms with Crippen LogP contribution in [0.2, 0.25) is 0 Å². The van der Waals surface area contributed by atoms with E-state index in [-0.39, 0.29) is 5.75 Å². The van der Waals surface area contributed by atoms with Crippen LogP contribution in [-0.4, -0.2) is 14.2 Å². The third-order valence-corrected chi connectivity index (χ3v) is 3.11. The standard InChI is InChI=1S/C14H13O2S/c15-17(16)11-14(12-7-3-1-4-8-12)13-9-5-2-6-10-13/h1-10,17H,11H2. The largest absolute Gasteiger partial charge is 0.232 e. The van der Waals surface area contributed by atoms with Gasteiger partial charge in [0.05, 0.1) is 5.75 Å². The van der Waals surface area contributed by atoms with Gasteiger partial charge in [-0.25, -0.2) is 8.42 Å². The van der Waals surface area contributed by atoms with Gasteiger partial charge in [0.2, 0.25) is 0 Å².